The highest BCUT2D eigenvalue weighted by Crippen LogP contribution is 2.15. The molecule has 4 aromatic rings. The number of carbonyl (C=O) groups excluding carboxylic acids is 1. The molecule has 0 aliphatic heterocycles. The van der Waals surface area contributed by atoms with E-state index in [9.17, 15) is 14.0 Å². The lowest BCUT2D eigenvalue weighted by Crippen LogP contribution is -2.28. The van der Waals surface area contributed by atoms with Crippen LogP contribution in [0.15, 0.2) is 59.5 Å². The van der Waals surface area contributed by atoms with Crippen LogP contribution in [0.2, 0.25) is 0 Å². The van der Waals surface area contributed by atoms with Gasteiger partial charge < -0.3 is 10.6 Å². The van der Waals surface area contributed by atoms with Crippen molar-refractivity contribution in [1.29, 1.82) is 0 Å². The maximum Gasteiger partial charge on any atom is 0.352 e. The number of nitrogens with one attached hydrogen (secondary N) is 2. The summed E-state index contributed by atoms with van der Waals surface area (Å²) >= 11 is 0. The van der Waals surface area contributed by atoms with Gasteiger partial charge in [0, 0.05) is 17.6 Å². The van der Waals surface area contributed by atoms with Crippen LogP contribution in [0.1, 0.15) is 11.1 Å². The van der Waals surface area contributed by atoms with Crippen molar-refractivity contribution in [3.63, 3.8) is 0 Å². The van der Waals surface area contributed by atoms with Gasteiger partial charge in [-0.15, -0.1) is 5.10 Å². The van der Waals surface area contributed by atoms with E-state index >= 15 is 0 Å². The first-order valence-corrected chi connectivity index (χ1v) is 9.25. The second-order valence-corrected chi connectivity index (χ2v) is 6.93. The third-order valence-corrected chi connectivity index (χ3v) is 4.53. The number of anilines is 3. The van der Waals surface area contributed by atoms with Crippen molar-refractivity contribution in [2.24, 2.45) is 0 Å². The molecule has 2 N–H and O–H groups in total. The first-order valence-electron chi connectivity index (χ1n) is 9.25. The van der Waals surface area contributed by atoms with Gasteiger partial charge in [-0.3, -0.25) is 4.79 Å². The normalized spacial score (nSPS) is 10.9. The Morgan fingerprint density at radius 3 is 2.53 bits per heavy atom. The minimum absolute atomic E-state index is 0.159. The summed E-state index contributed by atoms with van der Waals surface area (Å²) in [4.78, 5) is 29.1. The second kappa shape index (κ2) is 7.78. The van der Waals surface area contributed by atoms with Crippen LogP contribution in [-0.2, 0) is 11.3 Å². The van der Waals surface area contributed by atoms with Crippen LogP contribution in [0.4, 0.5) is 21.6 Å². The van der Waals surface area contributed by atoms with Crippen molar-refractivity contribution in [1.82, 2.24) is 19.2 Å². The van der Waals surface area contributed by atoms with E-state index in [1.165, 1.54) is 16.7 Å². The lowest BCUT2D eigenvalue weighted by molar-refractivity contribution is -0.117. The molecule has 0 bridgehead atoms. The van der Waals surface area contributed by atoms with Crippen molar-refractivity contribution in [3.8, 4) is 0 Å². The number of hydrogen-bond donors (Lipinski definition) is 2. The molecule has 0 aliphatic carbocycles. The molecule has 0 unspecified atom stereocenters. The van der Waals surface area contributed by atoms with E-state index in [0.717, 1.165) is 15.9 Å². The molecule has 0 spiro atoms. The number of rotatable bonds is 5. The Bertz CT molecular complexity index is 1290. The topological polar surface area (TPSA) is 93.3 Å². The summed E-state index contributed by atoms with van der Waals surface area (Å²) in [5, 5.41) is 9.83. The highest BCUT2D eigenvalue weighted by atomic mass is 19.1. The van der Waals surface area contributed by atoms with Crippen molar-refractivity contribution in [2.75, 3.05) is 10.6 Å². The van der Waals surface area contributed by atoms with E-state index in [4.69, 9.17) is 0 Å². The van der Waals surface area contributed by atoms with E-state index in [2.05, 4.69) is 20.7 Å². The van der Waals surface area contributed by atoms with Gasteiger partial charge in [-0.1, -0.05) is 23.8 Å². The number of fused-ring (bicyclic) bond motifs is 1. The largest absolute Gasteiger partial charge is 0.352 e. The highest BCUT2D eigenvalue weighted by Gasteiger charge is 2.13. The van der Waals surface area contributed by atoms with Crippen LogP contribution in [0.25, 0.3) is 5.78 Å². The molecular weight excluding hydrogens is 387 g/mol. The fourth-order valence-electron chi connectivity index (χ4n) is 2.87. The summed E-state index contributed by atoms with van der Waals surface area (Å²) < 4.78 is 15.9. The van der Waals surface area contributed by atoms with Crippen LogP contribution in [-0.4, -0.2) is 25.1 Å². The Morgan fingerprint density at radius 2 is 1.80 bits per heavy atom. The molecule has 2 aromatic heterocycles. The van der Waals surface area contributed by atoms with Gasteiger partial charge >= 0.3 is 5.69 Å². The molecule has 0 saturated carbocycles. The Hall–Kier alpha value is -4.01. The van der Waals surface area contributed by atoms with Gasteiger partial charge in [0.2, 0.25) is 5.91 Å². The zero-order valence-corrected chi connectivity index (χ0v) is 16.4. The fourth-order valence-corrected chi connectivity index (χ4v) is 2.87. The molecule has 2 heterocycles. The number of aryl methyl sites for hydroxylation is 2. The summed E-state index contributed by atoms with van der Waals surface area (Å²) in [6.45, 7) is 3.31. The maximum absolute atomic E-state index is 13.6. The molecule has 4 rings (SSSR count). The predicted molar refractivity (Wildman–Crippen MR) is 111 cm³/mol. The number of halogens is 1. The molecule has 0 fully saturated rings. The molecule has 9 heteroatoms. The van der Waals surface area contributed by atoms with Crippen LogP contribution in [0, 0.1) is 19.7 Å². The molecule has 0 aliphatic rings. The summed E-state index contributed by atoms with van der Waals surface area (Å²) in [7, 11) is 0. The van der Waals surface area contributed by atoms with Crippen molar-refractivity contribution in [2.45, 2.75) is 20.4 Å². The molecule has 2 aromatic carbocycles. The Morgan fingerprint density at radius 1 is 1.07 bits per heavy atom. The number of hydrogen-bond acceptors (Lipinski definition) is 5. The first kappa shape index (κ1) is 19.3. The van der Waals surface area contributed by atoms with E-state index in [1.807, 2.05) is 31.2 Å². The van der Waals surface area contributed by atoms with Gasteiger partial charge in [-0.2, -0.15) is 4.98 Å². The third-order valence-electron chi connectivity index (χ3n) is 4.53. The molecule has 0 saturated heterocycles. The van der Waals surface area contributed by atoms with E-state index in [0.29, 0.717) is 17.1 Å². The Labute approximate surface area is 171 Å². The summed E-state index contributed by atoms with van der Waals surface area (Å²) in [5.41, 5.74) is 2.28. The molecule has 0 radical (unpaired) electrons. The van der Waals surface area contributed by atoms with E-state index in [-0.39, 0.29) is 12.3 Å². The van der Waals surface area contributed by atoms with Gasteiger partial charge in [0.1, 0.15) is 18.2 Å². The first-order chi connectivity index (χ1) is 14.4. The fraction of sp³-hybridized carbons (Fsp3) is 0.143. The van der Waals surface area contributed by atoms with E-state index < -0.39 is 17.4 Å². The van der Waals surface area contributed by atoms with Crippen molar-refractivity contribution < 1.29 is 9.18 Å². The Kier molecular flexibility index (Phi) is 5.01. The van der Waals surface area contributed by atoms with Gasteiger partial charge in [-0.25, -0.2) is 18.3 Å². The van der Waals surface area contributed by atoms with Gasteiger partial charge in [-0.05, 0) is 49.7 Å². The van der Waals surface area contributed by atoms with Crippen LogP contribution >= 0.6 is 0 Å². The molecule has 152 valence electrons. The van der Waals surface area contributed by atoms with Gasteiger partial charge in [0.25, 0.3) is 5.78 Å². The second-order valence-electron chi connectivity index (χ2n) is 6.93. The number of benzene rings is 2. The SMILES string of the molecule is Cc1ccc(Nc2ccn3c(=O)n(CC(=O)Nc4ccc(C)c(F)c4)nc3n2)cc1. The number of amides is 1. The summed E-state index contributed by atoms with van der Waals surface area (Å²) in [5.74, 6) is -0.244. The third kappa shape index (κ3) is 4.04. The van der Waals surface area contributed by atoms with Crippen LogP contribution in [0.5, 0.6) is 0 Å². The molecule has 1 amide bonds. The number of nitrogens with zero attached hydrogens (tertiary/aromatic N) is 4. The zero-order valence-electron chi connectivity index (χ0n) is 16.4. The monoisotopic (exact) mass is 406 g/mol. The van der Waals surface area contributed by atoms with E-state index in [1.54, 1.807) is 25.1 Å². The van der Waals surface area contributed by atoms with Gasteiger partial charge in [0.05, 0.1) is 0 Å². The molecular formula is C21H19FN6O2. The minimum Gasteiger partial charge on any atom is -0.340 e. The van der Waals surface area contributed by atoms with Crippen molar-refractivity contribution >= 4 is 28.9 Å². The standard InChI is InChI=1S/C21H19FN6O2/c1-13-3-6-15(7-4-13)23-18-9-10-27-20(25-18)26-28(21(27)30)12-19(29)24-16-8-5-14(2)17(22)11-16/h3-11H,12H2,1-2H3,(H,24,29)(H,23,25,26). The molecule has 30 heavy (non-hydrogen) atoms. The smallest absolute Gasteiger partial charge is 0.340 e. The predicted octanol–water partition coefficient (Wildman–Crippen LogP) is 3.03. The van der Waals surface area contributed by atoms with Crippen LogP contribution in [0.3, 0.4) is 0 Å². The Balaban J connectivity index is 1.52. The molecule has 8 nitrogen and oxygen atoms in total. The maximum atomic E-state index is 13.6. The highest BCUT2D eigenvalue weighted by molar-refractivity contribution is 5.90. The molecule has 0 atom stereocenters. The average molecular weight is 406 g/mol. The zero-order chi connectivity index (χ0) is 21.3. The average Bonchev–Trinajstić information content (AvgIpc) is 3.01. The number of carbonyl (C=O) groups is 1. The summed E-state index contributed by atoms with van der Waals surface area (Å²) in [6.07, 6.45) is 1.54. The minimum atomic E-state index is -0.498. The van der Waals surface area contributed by atoms with Gasteiger partial charge in [0.15, 0.2) is 0 Å². The summed E-state index contributed by atoms with van der Waals surface area (Å²) in [6, 6.07) is 13.8. The van der Waals surface area contributed by atoms with Crippen molar-refractivity contribution in [3.05, 3.63) is 82.2 Å². The quantitative estimate of drug-likeness (QED) is 0.531. The number of aromatic nitrogens is 4. The van der Waals surface area contributed by atoms with Crippen LogP contribution < -0.4 is 16.3 Å². The lowest BCUT2D eigenvalue weighted by Gasteiger charge is -2.05. The lowest BCUT2D eigenvalue weighted by atomic mass is 10.2.